The van der Waals surface area contributed by atoms with E-state index >= 15 is 0 Å². The van der Waals surface area contributed by atoms with Gasteiger partial charge in [-0.1, -0.05) is 39.7 Å². The van der Waals surface area contributed by atoms with Crippen molar-refractivity contribution in [3.05, 3.63) is 62.6 Å². The Bertz CT molecular complexity index is 706. The molecule has 0 bridgehead atoms. The normalized spacial score (nSPS) is 16.6. The first-order chi connectivity index (χ1) is 9.69. The fourth-order valence-corrected chi connectivity index (χ4v) is 3.46. The van der Waals surface area contributed by atoms with Crippen LogP contribution >= 0.6 is 27.5 Å². The third-order valence-corrected chi connectivity index (χ3v) is 4.70. The summed E-state index contributed by atoms with van der Waals surface area (Å²) in [4.78, 5) is 0. The van der Waals surface area contributed by atoms with E-state index < -0.39 is 0 Å². The molecule has 0 fully saturated rings. The topological polar surface area (TPSA) is 35.8 Å². The highest BCUT2D eigenvalue weighted by Gasteiger charge is 2.24. The number of nitrogens with zero attached hydrogens (tertiary/aromatic N) is 1. The fourth-order valence-electron chi connectivity index (χ4n) is 2.65. The summed E-state index contributed by atoms with van der Waals surface area (Å²) >= 11 is 9.83. The van der Waals surface area contributed by atoms with E-state index in [2.05, 4.69) is 45.5 Å². The molecule has 3 rings (SSSR count). The van der Waals surface area contributed by atoms with E-state index in [9.17, 15) is 0 Å². The first-order valence-electron chi connectivity index (χ1n) is 6.42. The molecule has 0 aliphatic heterocycles. The second-order valence-electron chi connectivity index (χ2n) is 4.85. The number of anilines is 1. The van der Waals surface area contributed by atoms with Gasteiger partial charge < -0.3 is 5.32 Å². The maximum atomic E-state index is 8.86. The Kier molecular flexibility index (Phi) is 3.69. The summed E-state index contributed by atoms with van der Waals surface area (Å²) in [6.07, 6.45) is 2.11. The highest BCUT2D eigenvalue weighted by Crippen LogP contribution is 2.38. The lowest BCUT2D eigenvalue weighted by molar-refractivity contribution is 0.762. The molecule has 0 radical (unpaired) electrons. The van der Waals surface area contributed by atoms with Crippen molar-refractivity contribution < 1.29 is 0 Å². The van der Waals surface area contributed by atoms with Crippen molar-refractivity contribution >= 4 is 33.2 Å². The van der Waals surface area contributed by atoms with Gasteiger partial charge in [0.25, 0.3) is 0 Å². The van der Waals surface area contributed by atoms with Crippen LogP contribution in [0.3, 0.4) is 0 Å². The quantitative estimate of drug-likeness (QED) is 0.823. The van der Waals surface area contributed by atoms with Crippen molar-refractivity contribution in [3.63, 3.8) is 0 Å². The van der Waals surface area contributed by atoms with Crippen LogP contribution in [0.2, 0.25) is 5.02 Å². The van der Waals surface area contributed by atoms with E-state index in [1.165, 1.54) is 15.6 Å². The van der Waals surface area contributed by atoms with Crippen LogP contribution in [0, 0.1) is 11.3 Å². The van der Waals surface area contributed by atoms with Gasteiger partial charge in [0.05, 0.1) is 28.4 Å². The summed E-state index contributed by atoms with van der Waals surface area (Å²) < 4.78 is 1.17. The summed E-state index contributed by atoms with van der Waals surface area (Å²) in [7, 11) is 0. The van der Waals surface area contributed by atoms with Crippen LogP contribution < -0.4 is 5.32 Å². The van der Waals surface area contributed by atoms with Crippen molar-refractivity contribution in [2.75, 3.05) is 5.32 Å². The van der Waals surface area contributed by atoms with E-state index in [0.717, 1.165) is 18.5 Å². The van der Waals surface area contributed by atoms with Gasteiger partial charge in [0.15, 0.2) is 0 Å². The zero-order valence-electron chi connectivity index (χ0n) is 10.7. The predicted octanol–water partition coefficient (Wildman–Crippen LogP) is 5.07. The highest BCUT2D eigenvalue weighted by molar-refractivity contribution is 9.10. The van der Waals surface area contributed by atoms with Gasteiger partial charge in [-0.2, -0.15) is 5.26 Å². The highest BCUT2D eigenvalue weighted by atomic mass is 79.9. The Balaban J connectivity index is 1.88. The predicted molar refractivity (Wildman–Crippen MR) is 85.0 cm³/mol. The first kappa shape index (κ1) is 13.5. The van der Waals surface area contributed by atoms with Gasteiger partial charge in [-0.25, -0.2) is 0 Å². The van der Waals surface area contributed by atoms with E-state index in [1.54, 1.807) is 12.1 Å². The summed E-state index contributed by atoms with van der Waals surface area (Å²) in [5, 5.41) is 12.9. The maximum absolute atomic E-state index is 8.86. The van der Waals surface area contributed by atoms with Crippen LogP contribution in [0.5, 0.6) is 0 Å². The van der Waals surface area contributed by atoms with Gasteiger partial charge in [-0.3, -0.25) is 0 Å². The van der Waals surface area contributed by atoms with Crippen molar-refractivity contribution in [1.29, 1.82) is 5.26 Å². The average Bonchev–Trinajstić information content (AvgIpc) is 2.86. The smallest absolute Gasteiger partial charge is 0.0992 e. The average molecular weight is 348 g/mol. The van der Waals surface area contributed by atoms with Gasteiger partial charge in [-0.15, -0.1) is 0 Å². The minimum atomic E-state index is 0.271. The third-order valence-electron chi connectivity index (χ3n) is 3.64. The molecule has 2 aromatic carbocycles. The van der Waals surface area contributed by atoms with Gasteiger partial charge in [0.2, 0.25) is 0 Å². The Labute approximate surface area is 131 Å². The Hall–Kier alpha value is -1.50. The van der Waals surface area contributed by atoms with Crippen LogP contribution in [0.25, 0.3) is 0 Å². The number of nitrogens with one attached hydrogen (secondary N) is 1. The molecule has 1 aliphatic carbocycles. The summed E-state index contributed by atoms with van der Waals surface area (Å²) in [5.74, 6) is 0. The van der Waals surface area contributed by atoms with Crippen LogP contribution in [-0.4, -0.2) is 0 Å². The Morgan fingerprint density at radius 3 is 2.90 bits per heavy atom. The van der Waals surface area contributed by atoms with Gasteiger partial charge in [0.1, 0.15) is 0 Å². The summed E-state index contributed by atoms with van der Waals surface area (Å²) in [5.41, 5.74) is 4.15. The lowest BCUT2D eigenvalue weighted by atomic mass is 10.1. The molecule has 20 heavy (non-hydrogen) atoms. The van der Waals surface area contributed by atoms with E-state index in [-0.39, 0.29) is 6.04 Å². The summed E-state index contributed by atoms with van der Waals surface area (Å²) in [6.45, 7) is 0. The molecule has 0 saturated carbocycles. The Morgan fingerprint density at radius 2 is 2.15 bits per heavy atom. The van der Waals surface area contributed by atoms with Gasteiger partial charge in [0, 0.05) is 4.47 Å². The summed E-state index contributed by atoms with van der Waals surface area (Å²) in [6, 6.07) is 14.0. The second kappa shape index (κ2) is 5.47. The number of fused-ring (bicyclic) bond motifs is 1. The molecule has 2 nitrogen and oxygen atoms in total. The second-order valence-corrected chi connectivity index (χ2v) is 6.11. The minimum Gasteiger partial charge on any atom is -0.377 e. The molecule has 0 saturated heterocycles. The molecule has 1 unspecified atom stereocenters. The van der Waals surface area contributed by atoms with Crippen molar-refractivity contribution in [3.8, 4) is 6.07 Å². The number of nitriles is 1. The van der Waals surface area contributed by atoms with Crippen molar-refractivity contribution in [2.24, 2.45) is 0 Å². The molecule has 2 aromatic rings. The van der Waals surface area contributed by atoms with Crippen molar-refractivity contribution in [1.82, 2.24) is 0 Å². The zero-order valence-corrected chi connectivity index (χ0v) is 13.0. The minimum absolute atomic E-state index is 0.271. The molecule has 0 spiro atoms. The molecule has 1 N–H and O–H groups in total. The Morgan fingerprint density at radius 1 is 1.30 bits per heavy atom. The van der Waals surface area contributed by atoms with E-state index in [1.807, 2.05) is 6.07 Å². The fraction of sp³-hybridized carbons (Fsp3) is 0.188. The molecular weight excluding hydrogens is 336 g/mol. The number of hydrogen-bond acceptors (Lipinski definition) is 2. The van der Waals surface area contributed by atoms with E-state index in [4.69, 9.17) is 16.9 Å². The maximum Gasteiger partial charge on any atom is 0.0992 e. The van der Waals surface area contributed by atoms with Crippen LogP contribution in [0.15, 0.2) is 40.9 Å². The zero-order chi connectivity index (χ0) is 14.1. The first-order valence-corrected chi connectivity index (χ1v) is 7.59. The lowest BCUT2D eigenvalue weighted by Crippen LogP contribution is -2.07. The van der Waals surface area contributed by atoms with Crippen LogP contribution in [0.4, 0.5) is 5.69 Å². The number of hydrogen-bond donors (Lipinski definition) is 1. The SMILES string of the molecule is N#Cc1ccc(NC2CCc3c(Br)cccc32)c(Cl)c1. The largest absolute Gasteiger partial charge is 0.377 e. The van der Waals surface area contributed by atoms with Gasteiger partial charge in [-0.05, 0) is 48.2 Å². The molecule has 100 valence electrons. The molecule has 0 heterocycles. The van der Waals surface area contributed by atoms with Crippen LogP contribution in [0.1, 0.15) is 29.2 Å². The lowest BCUT2D eigenvalue weighted by Gasteiger charge is -2.17. The molecular formula is C16H12BrClN2. The molecule has 1 aliphatic rings. The van der Waals surface area contributed by atoms with Crippen LogP contribution in [-0.2, 0) is 6.42 Å². The monoisotopic (exact) mass is 346 g/mol. The molecule has 0 aromatic heterocycles. The molecule has 4 heteroatoms. The number of rotatable bonds is 2. The van der Waals surface area contributed by atoms with Crippen molar-refractivity contribution in [2.45, 2.75) is 18.9 Å². The number of halogens is 2. The van der Waals surface area contributed by atoms with Gasteiger partial charge >= 0.3 is 0 Å². The standard InChI is InChI=1S/C16H12BrClN2/c17-13-3-1-2-12-11(13)5-7-15(12)20-16-6-4-10(9-19)8-14(16)18/h1-4,6,8,15,20H,5,7H2. The third kappa shape index (κ3) is 2.42. The van der Waals surface area contributed by atoms with E-state index in [0.29, 0.717) is 10.6 Å². The molecule has 1 atom stereocenters. The number of benzene rings is 2. The molecule has 0 amide bonds.